The van der Waals surface area contributed by atoms with E-state index in [1.165, 1.54) is 12.4 Å². The minimum absolute atomic E-state index is 0.197. The van der Waals surface area contributed by atoms with Gasteiger partial charge >= 0.3 is 0 Å². The van der Waals surface area contributed by atoms with Gasteiger partial charge in [0.15, 0.2) is 5.82 Å². The highest BCUT2D eigenvalue weighted by atomic mass is 16.5. The van der Waals surface area contributed by atoms with Gasteiger partial charge in [-0.25, -0.2) is 9.97 Å². The summed E-state index contributed by atoms with van der Waals surface area (Å²) in [7, 11) is 0. The van der Waals surface area contributed by atoms with Crippen LogP contribution in [0.15, 0.2) is 41.2 Å². The van der Waals surface area contributed by atoms with Crippen LogP contribution in [-0.4, -0.2) is 21.0 Å². The highest BCUT2D eigenvalue weighted by molar-refractivity contribution is 6.02. The standard InChI is InChI=1S/C17H17N5O2/c1-10-5-4-6-11(2)16(10)20-15-9-18-13(8-19-15)17(23)21-14-7-12(3)24-22-14/h4-9H,1-3H3,(H,19,20)(H,21,22,23). The normalized spacial score (nSPS) is 10.5. The molecule has 7 heteroatoms. The Hall–Kier alpha value is -3.22. The van der Waals surface area contributed by atoms with E-state index in [0.717, 1.165) is 16.8 Å². The van der Waals surface area contributed by atoms with E-state index < -0.39 is 5.91 Å². The molecule has 0 aliphatic carbocycles. The minimum Gasteiger partial charge on any atom is -0.360 e. The van der Waals surface area contributed by atoms with E-state index in [9.17, 15) is 4.79 Å². The van der Waals surface area contributed by atoms with E-state index in [0.29, 0.717) is 17.4 Å². The zero-order valence-electron chi connectivity index (χ0n) is 13.6. The molecule has 3 rings (SSSR count). The lowest BCUT2D eigenvalue weighted by molar-refractivity contribution is 0.102. The van der Waals surface area contributed by atoms with Crippen LogP contribution < -0.4 is 10.6 Å². The third-order valence-electron chi connectivity index (χ3n) is 3.49. The fraction of sp³-hybridized carbons (Fsp3) is 0.176. The van der Waals surface area contributed by atoms with Crippen LogP contribution in [0.1, 0.15) is 27.4 Å². The number of carbonyl (C=O) groups excluding carboxylic acids is 1. The van der Waals surface area contributed by atoms with Crippen molar-refractivity contribution in [2.75, 3.05) is 10.6 Å². The van der Waals surface area contributed by atoms with Crippen molar-refractivity contribution < 1.29 is 9.32 Å². The van der Waals surface area contributed by atoms with Crippen LogP contribution in [0.2, 0.25) is 0 Å². The molecule has 7 nitrogen and oxygen atoms in total. The van der Waals surface area contributed by atoms with Gasteiger partial charge in [0.25, 0.3) is 5.91 Å². The summed E-state index contributed by atoms with van der Waals surface area (Å²) in [6.45, 7) is 5.78. The first-order chi connectivity index (χ1) is 11.5. The lowest BCUT2D eigenvalue weighted by Crippen LogP contribution is -2.14. The largest absolute Gasteiger partial charge is 0.360 e. The van der Waals surface area contributed by atoms with E-state index in [4.69, 9.17) is 4.52 Å². The van der Waals surface area contributed by atoms with Crippen LogP contribution in [-0.2, 0) is 0 Å². The van der Waals surface area contributed by atoms with Crippen LogP contribution in [0.4, 0.5) is 17.3 Å². The van der Waals surface area contributed by atoms with Gasteiger partial charge in [-0.2, -0.15) is 0 Å². The smallest absolute Gasteiger partial charge is 0.277 e. The lowest BCUT2D eigenvalue weighted by atomic mass is 10.1. The van der Waals surface area contributed by atoms with Crippen molar-refractivity contribution >= 4 is 23.2 Å². The Morgan fingerprint density at radius 3 is 2.38 bits per heavy atom. The predicted octanol–water partition coefficient (Wildman–Crippen LogP) is 3.39. The molecule has 2 heterocycles. The molecule has 0 saturated carbocycles. The predicted molar refractivity (Wildman–Crippen MR) is 90.4 cm³/mol. The zero-order chi connectivity index (χ0) is 17.1. The number of aromatic nitrogens is 3. The van der Waals surface area contributed by atoms with Crippen molar-refractivity contribution in [2.24, 2.45) is 0 Å². The van der Waals surface area contributed by atoms with Crippen LogP contribution in [0.25, 0.3) is 0 Å². The number of hydrogen-bond acceptors (Lipinski definition) is 6. The van der Waals surface area contributed by atoms with Crippen molar-refractivity contribution in [1.29, 1.82) is 0 Å². The highest BCUT2D eigenvalue weighted by Crippen LogP contribution is 2.22. The Labute approximate surface area is 139 Å². The molecule has 122 valence electrons. The molecule has 0 radical (unpaired) electrons. The maximum Gasteiger partial charge on any atom is 0.277 e. The van der Waals surface area contributed by atoms with Gasteiger partial charge in [-0.15, -0.1) is 0 Å². The van der Waals surface area contributed by atoms with Gasteiger partial charge in [-0.3, -0.25) is 4.79 Å². The molecule has 0 bridgehead atoms. The Morgan fingerprint density at radius 2 is 1.79 bits per heavy atom. The number of nitrogens with one attached hydrogen (secondary N) is 2. The Morgan fingerprint density at radius 1 is 1.04 bits per heavy atom. The summed E-state index contributed by atoms with van der Waals surface area (Å²) in [5.74, 6) is 1.14. The van der Waals surface area contributed by atoms with Crippen molar-refractivity contribution in [3.63, 3.8) is 0 Å². The molecular weight excluding hydrogens is 306 g/mol. The lowest BCUT2D eigenvalue weighted by Gasteiger charge is -2.11. The molecule has 0 unspecified atom stereocenters. The fourth-order valence-electron chi connectivity index (χ4n) is 2.26. The number of carbonyl (C=O) groups is 1. The van der Waals surface area contributed by atoms with Crippen molar-refractivity contribution in [1.82, 2.24) is 15.1 Å². The summed E-state index contributed by atoms with van der Waals surface area (Å²) < 4.78 is 4.90. The first kappa shape index (κ1) is 15.7. The summed E-state index contributed by atoms with van der Waals surface area (Å²) in [5.41, 5.74) is 3.41. The van der Waals surface area contributed by atoms with E-state index in [1.807, 2.05) is 32.0 Å². The number of rotatable bonds is 4. The second-order valence-corrected chi connectivity index (χ2v) is 5.46. The third-order valence-corrected chi connectivity index (χ3v) is 3.49. The molecule has 0 spiro atoms. The summed E-state index contributed by atoms with van der Waals surface area (Å²) in [6.07, 6.45) is 2.94. The molecule has 1 aromatic carbocycles. The summed E-state index contributed by atoms with van der Waals surface area (Å²) in [6, 6.07) is 7.66. The number of anilines is 3. The number of hydrogen-bond donors (Lipinski definition) is 2. The SMILES string of the molecule is Cc1cc(NC(=O)c2cnc(Nc3c(C)cccc3C)cn2)no1. The average molecular weight is 323 g/mol. The number of nitrogens with zero attached hydrogens (tertiary/aromatic N) is 3. The van der Waals surface area contributed by atoms with Gasteiger partial charge in [0, 0.05) is 11.8 Å². The minimum atomic E-state index is -0.394. The summed E-state index contributed by atoms with van der Waals surface area (Å²) >= 11 is 0. The van der Waals surface area contributed by atoms with Crippen molar-refractivity contribution in [3.05, 3.63) is 59.2 Å². The second kappa shape index (κ2) is 6.49. The molecule has 0 atom stereocenters. The maximum absolute atomic E-state index is 12.1. The molecular formula is C17H17N5O2. The number of aryl methyl sites for hydroxylation is 3. The van der Waals surface area contributed by atoms with Crippen LogP contribution in [0.3, 0.4) is 0 Å². The number of para-hydroxylation sites is 1. The van der Waals surface area contributed by atoms with E-state index in [1.54, 1.807) is 13.0 Å². The van der Waals surface area contributed by atoms with Crippen LogP contribution >= 0.6 is 0 Å². The first-order valence-corrected chi connectivity index (χ1v) is 7.43. The van der Waals surface area contributed by atoms with E-state index in [-0.39, 0.29) is 5.69 Å². The second-order valence-electron chi connectivity index (χ2n) is 5.46. The van der Waals surface area contributed by atoms with E-state index >= 15 is 0 Å². The Kier molecular flexibility index (Phi) is 4.24. The summed E-state index contributed by atoms with van der Waals surface area (Å²) in [5, 5.41) is 9.53. The van der Waals surface area contributed by atoms with Crippen molar-refractivity contribution in [2.45, 2.75) is 20.8 Å². The molecule has 1 amide bonds. The molecule has 3 aromatic rings. The van der Waals surface area contributed by atoms with Gasteiger partial charge in [0.2, 0.25) is 0 Å². The number of benzene rings is 1. The highest BCUT2D eigenvalue weighted by Gasteiger charge is 2.11. The van der Waals surface area contributed by atoms with Gasteiger partial charge in [0.05, 0.1) is 12.4 Å². The van der Waals surface area contributed by atoms with E-state index in [2.05, 4.69) is 25.8 Å². The quantitative estimate of drug-likeness (QED) is 0.764. The summed E-state index contributed by atoms with van der Waals surface area (Å²) in [4.78, 5) is 20.5. The average Bonchev–Trinajstić information content (AvgIpc) is 2.96. The van der Waals surface area contributed by atoms with Gasteiger partial charge < -0.3 is 15.2 Å². The maximum atomic E-state index is 12.1. The van der Waals surface area contributed by atoms with Crippen LogP contribution in [0.5, 0.6) is 0 Å². The van der Waals surface area contributed by atoms with Gasteiger partial charge in [-0.05, 0) is 31.9 Å². The van der Waals surface area contributed by atoms with Crippen LogP contribution in [0, 0.1) is 20.8 Å². The Bertz CT molecular complexity index is 851. The van der Waals surface area contributed by atoms with Gasteiger partial charge in [-0.1, -0.05) is 23.4 Å². The zero-order valence-corrected chi connectivity index (χ0v) is 13.6. The monoisotopic (exact) mass is 323 g/mol. The molecule has 0 aliphatic heterocycles. The fourth-order valence-corrected chi connectivity index (χ4v) is 2.26. The Balaban J connectivity index is 1.72. The number of amides is 1. The third kappa shape index (κ3) is 3.40. The molecule has 2 N–H and O–H groups in total. The van der Waals surface area contributed by atoms with Crippen molar-refractivity contribution in [3.8, 4) is 0 Å². The van der Waals surface area contributed by atoms with Gasteiger partial charge in [0.1, 0.15) is 17.3 Å². The molecule has 2 aromatic heterocycles. The molecule has 0 saturated heterocycles. The molecule has 0 fully saturated rings. The molecule has 0 aliphatic rings. The first-order valence-electron chi connectivity index (χ1n) is 7.43. The topological polar surface area (TPSA) is 92.9 Å². The molecule has 24 heavy (non-hydrogen) atoms.